The van der Waals surface area contributed by atoms with Crippen molar-refractivity contribution in [2.45, 2.75) is 26.2 Å². The number of primary amides is 1. The number of fused-ring (bicyclic) bond motifs is 1. The Balaban J connectivity index is 1.94. The van der Waals surface area contributed by atoms with Crippen LogP contribution in [0.5, 0.6) is 11.5 Å². The van der Waals surface area contributed by atoms with Gasteiger partial charge >= 0.3 is 0 Å². The standard InChI is InChI=1S/C19H22N2O4S/c1-10-4-6-13-15(8-10)26-19(16(13)17(20)22)21-18(23)12-7-5-11(24-2)9-14(12)25-3/h5,7,9-10H,4,6,8H2,1-3H3,(H2,20,22)(H,21,23)/t10-/m0/s1. The maximum atomic E-state index is 12.8. The number of benzene rings is 1. The van der Waals surface area contributed by atoms with Crippen molar-refractivity contribution in [2.75, 3.05) is 19.5 Å². The van der Waals surface area contributed by atoms with Crippen LogP contribution in [0.4, 0.5) is 5.00 Å². The van der Waals surface area contributed by atoms with Gasteiger partial charge in [-0.15, -0.1) is 11.3 Å². The van der Waals surface area contributed by atoms with Crippen molar-refractivity contribution in [3.63, 3.8) is 0 Å². The number of hydrogen-bond donors (Lipinski definition) is 2. The maximum absolute atomic E-state index is 12.8. The zero-order valence-corrected chi connectivity index (χ0v) is 15.9. The Labute approximate surface area is 156 Å². The van der Waals surface area contributed by atoms with E-state index in [4.69, 9.17) is 15.2 Å². The Morgan fingerprint density at radius 1 is 1.27 bits per heavy atom. The molecule has 1 aromatic heterocycles. The van der Waals surface area contributed by atoms with Crippen LogP contribution in [0.25, 0.3) is 0 Å². The van der Waals surface area contributed by atoms with Gasteiger partial charge in [-0.3, -0.25) is 9.59 Å². The van der Waals surface area contributed by atoms with E-state index in [0.717, 1.165) is 29.7 Å². The molecule has 0 fully saturated rings. The third kappa shape index (κ3) is 3.39. The average Bonchev–Trinajstić information content (AvgIpc) is 2.97. The number of anilines is 1. The van der Waals surface area contributed by atoms with Gasteiger partial charge in [0.2, 0.25) is 0 Å². The second-order valence-corrected chi connectivity index (χ2v) is 7.55. The summed E-state index contributed by atoms with van der Waals surface area (Å²) in [7, 11) is 3.04. The van der Waals surface area contributed by atoms with Crippen LogP contribution >= 0.6 is 11.3 Å². The summed E-state index contributed by atoms with van der Waals surface area (Å²) < 4.78 is 10.4. The van der Waals surface area contributed by atoms with E-state index >= 15 is 0 Å². The largest absolute Gasteiger partial charge is 0.497 e. The molecule has 2 amide bonds. The highest BCUT2D eigenvalue weighted by atomic mass is 32.1. The lowest BCUT2D eigenvalue weighted by Gasteiger charge is -2.18. The summed E-state index contributed by atoms with van der Waals surface area (Å²) in [4.78, 5) is 25.9. The van der Waals surface area contributed by atoms with Gasteiger partial charge < -0.3 is 20.5 Å². The summed E-state index contributed by atoms with van der Waals surface area (Å²) >= 11 is 1.44. The summed E-state index contributed by atoms with van der Waals surface area (Å²) in [6, 6.07) is 4.96. The van der Waals surface area contributed by atoms with Crippen LogP contribution in [0.2, 0.25) is 0 Å². The summed E-state index contributed by atoms with van der Waals surface area (Å²) in [6.45, 7) is 2.19. The number of hydrogen-bond acceptors (Lipinski definition) is 5. The van der Waals surface area contributed by atoms with Crippen LogP contribution in [-0.4, -0.2) is 26.0 Å². The van der Waals surface area contributed by atoms with Crippen molar-refractivity contribution in [1.29, 1.82) is 0 Å². The van der Waals surface area contributed by atoms with E-state index in [9.17, 15) is 9.59 Å². The minimum atomic E-state index is -0.506. The summed E-state index contributed by atoms with van der Waals surface area (Å²) in [5.41, 5.74) is 7.39. The minimum absolute atomic E-state index is 0.348. The molecule has 1 aromatic carbocycles. The molecule has 7 heteroatoms. The van der Waals surface area contributed by atoms with Crippen molar-refractivity contribution in [2.24, 2.45) is 11.7 Å². The van der Waals surface area contributed by atoms with Crippen LogP contribution in [-0.2, 0) is 12.8 Å². The van der Waals surface area contributed by atoms with Crippen LogP contribution in [0, 0.1) is 5.92 Å². The van der Waals surface area contributed by atoms with Gasteiger partial charge in [-0.25, -0.2) is 0 Å². The predicted molar refractivity (Wildman–Crippen MR) is 102 cm³/mol. The number of rotatable bonds is 5. The van der Waals surface area contributed by atoms with E-state index in [1.807, 2.05) is 0 Å². The van der Waals surface area contributed by atoms with Gasteiger partial charge in [0.05, 0.1) is 25.3 Å². The van der Waals surface area contributed by atoms with E-state index in [1.54, 1.807) is 25.3 Å². The van der Waals surface area contributed by atoms with Crippen molar-refractivity contribution < 1.29 is 19.1 Å². The van der Waals surface area contributed by atoms with Crippen molar-refractivity contribution in [3.8, 4) is 11.5 Å². The first-order valence-electron chi connectivity index (χ1n) is 8.42. The number of methoxy groups -OCH3 is 2. The molecule has 3 N–H and O–H groups in total. The highest BCUT2D eigenvalue weighted by Gasteiger charge is 2.27. The number of carbonyl (C=O) groups excluding carboxylic acids is 2. The predicted octanol–water partition coefficient (Wildman–Crippen LogP) is 3.24. The van der Waals surface area contributed by atoms with E-state index in [2.05, 4.69) is 12.2 Å². The lowest BCUT2D eigenvalue weighted by molar-refractivity contribution is 0.1000. The van der Waals surface area contributed by atoms with Gasteiger partial charge in [-0.05, 0) is 42.9 Å². The smallest absolute Gasteiger partial charge is 0.260 e. The first kappa shape index (κ1) is 18.3. The molecule has 0 radical (unpaired) electrons. The summed E-state index contributed by atoms with van der Waals surface area (Å²) in [5.74, 6) is 0.703. The van der Waals surface area contributed by atoms with Crippen LogP contribution in [0.1, 0.15) is 44.5 Å². The number of carbonyl (C=O) groups is 2. The van der Waals surface area contributed by atoms with Gasteiger partial charge in [-0.2, -0.15) is 0 Å². The molecule has 6 nitrogen and oxygen atoms in total. The van der Waals surface area contributed by atoms with E-state index in [0.29, 0.717) is 33.5 Å². The van der Waals surface area contributed by atoms with Crippen LogP contribution in [0.15, 0.2) is 18.2 Å². The molecule has 1 aliphatic rings. The van der Waals surface area contributed by atoms with Gasteiger partial charge in [0.25, 0.3) is 11.8 Å². The molecule has 1 heterocycles. The molecule has 26 heavy (non-hydrogen) atoms. The molecule has 1 atom stereocenters. The molecule has 2 aromatic rings. The summed E-state index contributed by atoms with van der Waals surface area (Å²) in [5, 5.41) is 3.36. The fourth-order valence-corrected chi connectivity index (χ4v) is 4.67. The number of thiophene rings is 1. The van der Waals surface area contributed by atoms with E-state index in [1.165, 1.54) is 18.4 Å². The molecule has 0 saturated carbocycles. The lowest BCUT2D eigenvalue weighted by atomic mass is 9.88. The second-order valence-electron chi connectivity index (χ2n) is 6.44. The third-order valence-electron chi connectivity index (χ3n) is 4.64. The molecule has 3 rings (SSSR count). The Morgan fingerprint density at radius 2 is 2.04 bits per heavy atom. The normalized spacial score (nSPS) is 15.9. The Morgan fingerprint density at radius 3 is 2.69 bits per heavy atom. The topological polar surface area (TPSA) is 90.6 Å². The van der Waals surface area contributed by atoms with Crippen LogP contribution in [0.3, 0.4) is 0 Å². The van der Waals surface area contributed by atoms with Crippen molar-refractivity contribution in [3.05, 3.63) is 39.8 Å². The first-order valence-corrected chi connectivity index (χ1v) is 9.24. The molecular formula is C19H22N2O4S. The lowest BCUT2D eigenvalue weighted by Crippen LogP contribution is -2.19. The third-order valence-corrected chi connectivity index (χ3v) is 5.81. The average molecular weight is 374 g/mol. The summed E-state index contributed by atoms with van der Waals surface area (Å²) in [6.07, 6.45) is 2.73. The molecule has 0 bridgehead atoms. The fourth-order valence-electron chi connectivity index (χ4n) is 3.26. The Kier molecular flexibility index (Phi) is 5.18. The number of amides is 2. The van der Waals surface area contributed by atoms with Gasteiger partial charge in [0.15, 0.2) is 0 Å². The minimum Gasteiger partial charge on any atom is -0.497 e. The highest BCUT2D eigenvalue weighted by molar-refractivity contribution is 7.17. The highest BCUT2D eigenvalue weighted by Crippen LogP contribution is 2.40. The zero-order chi connectivity index (χ0) is 18.8. The molecule has 0 unspecified atom stereocenters. The van der Waals surface area contributed by atoms with Crippen molar-refractivity contribution in [1.82, 2.24) is 0 Å². The molecule has 0 spiro atoms. The van der Waals surface area contributed by atoms with E-state index < -0.39 is 5.91 Å². The number of nitrogens with one attached hydrogen (secondary N) is 1. The van der Waals surface area contributed by atoms with E-state index in [-0.39, 0.29) is 5.91 Å². The second kappa shape index (κ2) is 7.37. The Bertz CT molecular complexity index is 859. The van der Waals surface area contributed by atoms with Gasteiger partial charge in [-0.1, -0.05) is 6.92 Å². The quantitative estimate of drug-likeness (QED) is 0.840. The molecule has 138 valence electrons. The Hall–Kier alpha value is -2.54. The van der Waals surface area contributed by atoms with Gasteiger partial charge in [0.1, 0.15) is 16.5 Å². The van der Waals surface area contributed by atoms with Crippen LogP contribution < -0.4 is 20.5 Å². The fraction of sp³-hybridized carbons (Fsp3) is 0.368. The zero-order valence-electron chi connectivity index (χ0n) is 15.0. The SMILES string of the molecule is COc1ccc(C(=O)Nc2sc3c(c2C(N)=O)CC[C@H](C)C3)c(OC)c1. The monoisotopic (exact) mass is 374 g/mol. The van der Waals surface area contributed by atoms with Crippen molar-refractivity contribution >= 4 is 28.2 Å². The number of ether oxygens (including phenoxy) is 2. The molecule has 0 aliphatic heterocycles. The molecule has 1 aliphatic carbocycles. The molecular weight excluding hydrogens is 352 g/mol. The molecule has 0 saturated heterocycles. The number of nitrogens with two attached hydrogens (primary N) is 1. The first-order chi connectivity index (χ1) is 12.4. The van der Waals surface area contributed by atoms with Gasteiger partial charge in [0, 0.05) is 10.9 Å². The maximum Gasteiger partial charge on any atom is 0.260 e.